The van der Waals surface area contributed by atoms with Gasteiger partial charge in [-0.15, -0.1) is 0 Å². The van der Waals surface area contributed by atoms with Crippen LogP contribution in [0, 0.1) is 0 Å². The average molecular weight is 584 g/mol. The summed E-state index contributed by atoms with van der Waals surface area (Å²) in [6.07, 6.45) is 1.21. The Kier molecular flexibility index (Phi) is 7.61. The van der Waals surface area contributed by atoms with Crippen molar-refractivity contribution in [2.45, 2.75) is 50.9 Å². The molecule has 1 aromatic heterocycles. The molecule has 4 aromatic carbocycles. The van der Waals surface area contributed by atoms with Crippen molar-refractivity contribution in [1.29, 1.82) is 0 Å². The third-order valence-electron chi connectivity index (χ3n) is 8.15. The van der Waals surface area contributed by atoms with Gasteiger partial charge in [-0.05, 0) is 71.5 Å². The lowest BCUT2D eigenvalue weighted by molar-refractivity contribution is -0.137. The molecular weight excluding hydrogens is 551 g/mol. The fraction of sp³-hybridized carbons (Fsp3) is 0.229. The Bertz CT molecular complexity index is 1790. The van der Waals surface area contributed by atoms with Gasteiger partial charge < -0.3 is 20.1 Å². The zero-order chi connectivity index (χ0) is 30.1. The van der Waals surface area contributed by atoms with Crippen molar-refractivity contribution in [1.82, 2.24) is 9.55 Å². The molecule has 6 rings (SSSR count). The lowest BCUT2D eigenvalue weighted by Gasteiger charge is -2.26. The zero-order valence-corrected chi connectivity index (χ0v) is 23.6. The van der Waals surface area contributed by atoms with Crippen LogP contribution in [0.1, 0.15) is 54.8 Å². The summed E-state index contributed by atoms with van der Waals surface area (Å²) in [5.74, 6) is 1.20. The van der Waals surface area contributed by atoms with Gasteiger partial charge in [0.15, 0.2) is 0 Å². The summed E-state index contributed by atoms with van der Waals surface area (Å²) in [7, 11) is 0. The van der Waals surface area contributed by atoms with E-state index in [1.54, 1.807) is 12.1 Å². The van der Waals surface area contributed by atoms with Gasteiger partial charge in [0.05, 0.1) is 22.2 Å². The summed E-state index contributed by atoms with van der Waals surface area (Å²) >= 11 is 0. The quantitative estimate of drug-likeness (QED) is 0.200. The summed E-state index contributed by atoms with van der Waals surface area (Å²) in [6.45, 7) is 4.02. The van der Waals surface area contributed by atoms with Gasteiger partial charge in [-0.3, -0.25) is 0 Å². The molecule has 0 atom stereocenters. The molecule has 5 nitrogen and oxygen atoms in total. The van der Waals surface area contributed by atoms with E-state index in [4.69, 9.17) is 15.5 Å². The summed E-state index contributed by atoms with van der Waals surface area (Å²) < 4.78 is 47.4. The normalized spacial score (nSPS) is 14.2. The van der Waals surface area contributed by atoms with Crippen LogP contribution in [0.15, 0.2) is 91.5 Å². The molecule has 1 aliphatic rings. The van der Waals surface area contributed by atoms with Crippen LogP contribution >= 0.6 is 0 Å². The highest BCUT2D eigenvalue weighted by Gasteiger charge is 2.30. The van der Waals surface area contributed by atoms with Gasteiger partial charge in [-0.2, -0.15) is 13.2 Å². The van der Waals surface area contributed by atoms with E-state index in [1.165, 1.54) is 18.6 Å². The molecule has 3 N–H and O–H groups in total. The Hall–Kier alpha value is -4.72. The number of halogens is 3. The van der Waals surface area contributed by atoms with Crippen molar-refractivity contribution in [2.24, 2.45) is 5.73 Å². The van der Waals surface area contributed by atoms with Crippen LogP contribution < -0.4 is 10.5 Å². The summed E-state index contributed by atoms with van der Waals surface area (Å²) in [6, 6.07) is 23.9. The Labute approximate surface area is 248 Å². The van der Waals surface area contributed by atoms with Crippen LogP contribution in [-0.2, 0) is 12.8 Å². The van der Waals surface area contributed by atoms with Gasteiger partial charge in [-0.25, -0.2) is 4.98 Å². The van der Waals surface area contributed by atoms with E-state index in [2.05, 4.69) is 11.1 Å². The van der Waals surface area contributed by atoms with Crippen LogP contribution in [0.25, 0.3) is 39.2 Å². The SMILES string of the molecule is C=C(N)c1ccc2c(c1)nc(-c1ccc(OCc3ccccc3-c3ccc(C(F)(F)F)cc3)cc1O)n2C1CCCCC1. The number of imidazole rings is 1. The van der Waals surface area contributed by atoms with Crippen molar-refractivity contribution in [3.63, 3.8) is 0 Å². The minimum atomic E-state index is -4.39. The minimum Gasteiger partial charge on any atom is -0.507 e. The Morgan fingerprint density at radius 2 is 1.67 bits per heavy atom. The summed E-state index contributed by atoms with van der Waals surface area (Å²) in [4.78, 5) is 4.95. The first-order valence-electron chi connectivity index (χ1n) is 14.4. The largest absolute Gasteiger partial charge is 0.507 e. The fourth-order valence-corrected chi connectivity index (χ4v) is 5.92. The molecule has 220 valence electrons. The number of rotatable bonds is 7. The molecule has 1 fully saturated rings. The number of alkyl halides is 3. The topological polar surface area (TPSA) is 73.3 Å². The molecule has 0 radical (unpaired) electrons. The number of hydrogen-bond donors (Lipinski definition) is 2. The number of nitrogens with zero attached hydrogens (tertiary/aromatic N) is 2. The zero-order valence-electron chi connectivity index (χ0n) is 23.6. The Morgan fingerprint density at radius 1 is 0.930 bits per heavy atom. The second kappa shape index (κ2) is 11.5. The molecule has 0 unspecified atom stereocenters. The van der Waals surface area contributed by atoms with E-state index in [1.807, 2.05) is 48.5 Å². The van der Waals surface area contributed by atoms with E-state index >= 15 is 0 Å². The molecule has 8 heteroatoms. The number of ether oxygens (including phenoxy) is 1. The lowest BCUT2D eigenvalue weighted by Crippen LogP contribution is -2.14. The molecule has 1 saturated carbocycles. The second-order valence-corrected chi connectivity index (χ2v) is 11.0. The summed E-state index contributed by atoms with van der Waals surface area (Å²) in [5.41, 5.74) is 11.2. The molecule has 0 bridgehead atoms. The van der Waals surface area contributed by atoms with E-state index in [0.29, 0.717) is 28.4 Å². The van der Waals surface area contributed by atoms with Crippen molar-refractivity contribution in [3.8, 4) is 34.0 Å². The minimum absolute atomic E-state index is 0.0457. The van der Waals surface area contributed by atoms with Crippen molar-refractivity contribution in [2.75, 3.05) is 0 Å². The molecule has 0 saturated heterocycles. The third-order valence-corrected chi connectivity index (χ3v) is 8.15. The summed E-state index contributed by atoms with van der Waals surface area (Å²) in [5, 5.41) is 11.2. The number of aromatic nitrogens is 2. The molecule has 5 aromatic rings. The molecule has 1 heterocycles. The molecular formula is C35H32F3N3O2. The van der Waals surface area contributed by atoms with Crippen LogP contribution in [0.5, 0.6) is 11.5 Å². The number of phenolic OH excluding ortho intramolecular Hbond substituents is 1. The Balaban J connectivity index is 1.28. The van der Waals surface area contributed by atoms with Crippen LogP contribution in [-0.4, -0.2) is 14.7 Å². The van der Waals surface area contributed by atoms with E-state index in [0.717, 1.165) is 65.5 Å². The Morgan fingerprint density at radius 3 is 2.37 bits per heavy atom. The van der Waals surface area contributed by atoms with E-state index in [-0.39, 0.29) is 18.4 Å². The van der Waals surface area contributed by atoms with Crippen molar-refractivity contribution in [3.05, 3.63) is 108 Å². The average Bonchev–Trinajstić information content (AvgIpc) is 3.39. The number of fused-ring (bicyclic) bond motifs is 1. The standard InChI is InChI=1S/C35H32F3N3O2/c1-22(39)24-13-18-32-31(19-24)40-34(41(32)27-8-3-2-4-9-27)30-17-16-28(20-33(30)42)43-21-25-7-5-6-10-29(25)23-11-14-26(15-12-23)35(36,37)38/h5-7,10-20,27,42H,1-4,8-9,21,39H2. The third kappa shape index (κ3) is 5.82. The van der Waals surface area contributed by atoms with Crippen LogP contribution in [0.3, 0.4) is 0 Å². The molecule has 0 aliphatic heterocycles. The van der Waals surface area contributed by atoms with Gasteiger partial charge in [0.1, 0.15) is 23.9 Å². The number of nitrogens with two attached hydrogens (primary N) is 1. The highest BCUT2D eigenvalue weighted by atomic mass is 19.4. The first-order valence-corrected chi connectivity index (χ1v) is 14.4. The smallest absolute Gasteiger partial charge is 0.416 e. The van der Waals surface area contributed by atoms with Crippen molar-refractivity contribution >= 4 is 16.7 Å². The van der Waals surface area contributed by atoms with Gasteiger partial charge in [0.25, 0.3) is 0 Å². The van der Waals surface area contributed by atoms with Gasteiger partial charge in [-0.1, -0.05) is 68.3 Å². The maximum atomic E-state index is 13.0. The number of aromatic hydroxyl groups is 1. The van der Waals surface area contributed by atoms with Crippen LogP contribution in [0.2, 0.25) is 0 Å². The highest BCUT2D eigenvalue weighted by molar-refractivity contribution is 5.85. The lowest BCUT2D eigenvalue weighted by atomic mass is 9.94. The number of hydrogen-bond acceptors (Lipinski definition) is 4. The maximum Gasteiger partial charge on any atom is 0.416 e. The molecule has 0 amide bonds. The van der Waals surface area contributed by atoms with E-state index in [9.17, 15) is 18.3 Å². The number of phenols is 1. The number of benzene rings is 4. The monoisotopic (exact) mass is 583 g/mol. The van der Waals surface area contributed by atoms with Gasteiger partial charge >= 0.3 is 6.18 Å². The molecule has 0 spiro atoms. The van der Waals surface area contributed by atoms with Gasteiger partial charge in [0.2, 0.25) is 0 Å². The fourth-order valence-electron chi connectivity index (χ4n) is 5.92. The molecule has 43 heavy (non-hydrogen) atoms. The predicted octanol–water partition coefficient (Wildman–Crippen LogP) is 9.11. The maximum absolute atomic E-state index is 13.0. The molecule has 1 aliphatic carbocycles. The first-order chi connectivity index (χ1) is 20.7. The van der Waals surface area contributed by atoms with Gasteiger partial charge in [0, 0.05) is 17.8 Å². The second-order valence-electron chi connectivity index (χ2n) is 11.0. The van der Waals surface area contributed by atoms with E-state index < -0.39 is 11.7 Å². The van der Waals surface area contributed by atoms with Crippen molar-refractivity contribution < 1.29 is 23.0 Å². The predicted molar refractivity (Wildman–Crippen MR) is 163 cm³/mol. The highest BCUT2D eigenvalue weighted by Crippen LogP contribution is 2.40. The first kappa shape index (κ1) is 28.4. The van der Waals surface area contributed by atoms with Crippen LogP contribution in [0.4, 0.5) is 13.2 Å².